The summed E-state index contributed by atoms with van der Waals surface area (Å²) in [4.78, 5) is 0. The smallest absolute Gasteiger partial charge is 0.0386 e. The summed E-state index contributed by atoms with van der Waals surface area (Å²) in [6, 6.07) is 0. The van der Waals surface area contributed by atoms with Gasteiger partial charge in [-0.15, -0.1) is 0 Å². The maximum Gasteiger partial charge on any atom is -0.0386 e. The van der Waals surface area contributed by atoms with Gasteiger partial charge in [-0.2, -0.15) is 0 Å². The number of rotatable bonds is 3. The zero-order valence-electron chi connectivity index (χ0n) is 11.4. The van der Waals surface area contributed by atoms with Crippen LogP contribution in [0.2, 0.25) is 0 Å². The van der Waals surface area contributed by atoms with Gasteiger partial charge in [-0.1, -0.05) is 78.1 Å². The van der Waals surface area contributed by atoms with Crippen molar-refractivity contribution in [3.63, 3.8) is 0 Å². The Morgan fingerprint density at radius 3 is 1.19 bits per heavy atom. The fraction of sp³-hybridized carbons (Fsp3) is 1.00. The molecule has 2 aliphatic rings. The highest BCUT2D eigenvalue weighted by Gasteiger charge is 2.29. The third kappa shape index (κ3) is 3.02. The van der Waals surface area contributed by atoms with E-state index in [1.807, 2.05) is 0 Å². The Morgan fingerprint density at radius 1 is 0.562 bits per heavy atom. The molecule has 2 rings (SSSR count). The van der Waals surface area contributed by atoms with Gasteiger partial charge in [0.15, 0.2) is 0 Å². The van der Waals surface area contributed by atoms with E-state index in [1.165, 1.54) is 64.2 Å². The van der Waals surface area contributed by atoms with Crippen LogP contribution in [-0.2, 0) is 0 Å². The first-order valence-electron chi connectivity index (χ1n) is 7.79. The summed E-state index contributed by atoms with van der Waals surface area (Å²) in [5.41, 5.74) is 0. The normalized spacial score (nSPS) is 28.9. The number of hydrogen-bond donors (Lipinski definition) is 0. The fourth-order valence-electron chi connectivity index (χ4n) is 4.18. The van der Waals surface area contributed by atoms with E-state index in [9.17, 15) is 0 Å². The standard InChI is InChI=1S/C16H30/c1-13(15-9-5-3-6-10-15)14(2)16-11-7-4-8-12-16/h13-16H,3-12H2,1-2H3/t13-,14-/m0/s1. The van der Waals surface area contributed by atoms with Crippen LogP contribution in [-0.4, -0.2) is 0 Å². The molecular weight excluding hydrogens is 192 g/mol. The minimum atomic E-state index is 0.989. The molecule has 2 atom stereocenters. The molecule has 2 fully saturated rings. The van der Waals surface area contributed by atoms with Crippen LogP contribution in [0.15, 0.2) is 0 Å². The molecule has 2 aliphatic carbocycles. The van der Waals surface area contributed by atoms with Gasteiger partial charge in [0.05, 0.1) is 0 Å². The van der Waals surface area contributed by atoms with Crippen molar-refractivity contribution in [2.75, 3.05) is 0 Å². The predicted octanol–water partition coefficient (Wildman–Crippen LogP) is 5.42. The van der Waals surface area contributed by atoms with Gasteiger partial charge in [-0.05, 0) is 23.7 Å². The van der Waals surface area contributed by atoms with Crippen molar-refractivity contribution in [2.24, 2.45) is 23.7 Å². The first-order valence-corrected chi connectivity index (χ1v) is 7.79. The Labute approximate surface area is 102 Å². The van der Waals surface area contributed by atoms with E-state index < -0.39 is 0 Å². The van der Waals surface area contributed by atoms with Crippen molar-refractivity contribution in [1.29, 1.82) is 0 Å². The lowest BCUT2D eigenvalue weighted by molar-refractivity contribution is 0.133. The molecule has 0 unspecified atom stereocenters. The maximum atomic E-state index is 2.55. The predicted molar refractivity (Wildman–Crippen MR) is 71.5 cm³/mol. The van der Waals surface area contributed by atoms with Crippen LogP contribution in [0, 0.1) is 23.7 Å². The minimum absolute atomic E-state index is 0.989. The molecular formula is C16H30. The molecule has 2 saturated carbocycles. The van der Waals surface area contributed by atoms with Gasteiger partial charge in [0, 0.05) is 0 Å². The highest BCUT2D eigenvalue weighted by Crippen LogP contribution is 2.40. The largest absolute Gasteiger partial charge is 0.0620 e. The zero-order chi connectivity index (χ0) is 11.4. The molecule has 0 amide bonds. The third-order valence-corrected chi connectivity index (χ3v) is 5.62. The van der Waals surface area contributed by atoms with E-state index in [-0.39, 0.29) is 0 Å². The monoisotopic (exact) mass is 222 g/mol. The second kappa shape index (κ2) is 6.07. The minimum Gasteiger partial charge on any atom is -0.0620 e. The highest BCUT2D eigenvalue weighted by molar-refractivity contribution is 4.80. The molecule has 0 spiro atoms. The Bertz CT molecular complexity index is 162. The van der Waals surface area contributed by atoms with Gasteiger partial charge >= 0.3 is 0 Å². The Balaban J connectivity index is 1.84. The quantitative estimate of drug-likeness (QED) is 0.598. The summed E-state index contributed by atoms with van der Waals surface area (Å²) in [5, 5.41) is 0. The van der Waals surface area contributed by atoms with Crippen LogP contribution in [0.25, 0.3) is 0 Å². The Hall–Kier alpha value is 0. The molecule has 0 N–H and O–H groups in total. The van der Waals surface area contributed by atoms with Crippen LogP contribution in [0.3, 0.4) is 0 Å². The van der Waals surface area contributed by atoms with Crippen LogP contribution in [0.4, 0.5) is 0 Å². The van der Waals surface area contributed by atoms with Crippen LogP contribution < -0.4 is 0 Å². The second-order valence-corrected chi connectivity index (χ2v) is 6.51. The first kappa shape index (κ1) is 12.5. The van der Waals surface area contributed by atoms with Gasteiger partial charge in [-0.3, -0.25) is 0 Å². The van der Waals surface area contributed by atoms with Crippen molar-refractivity contribution in [3.05, 3.63) is 0 Å². The molecule has 0 aromatic heterocycles. The summed E-state index contributed by atoms with van der Waals surface area (Å²) < 4.78 is 0. The fourth-order valence-corrected chi connectivity index (χ4v) is 4.18. The molecule has 0 heteroatoms. The van der Waals surface area contributed by atoms with Gasteiger partial charge in [-0.25, -0.2) is 0 Å². The van der Waals surface area contributed by atoms with Gasteiger partial charge in [0.25, 0.3) is 0 Å². The lowest BCUT2D eigenvalue weighted by Crippen LogP contribution is -2.27. The van der Waals surface area contributed by atoms with E-state index in [2.05, 4.69) is 13.8 Å². The summed E-state index contributed by atoms with van der Waals surface area (Å²) in [5.74, 6) is 4.10. The van der Waals surface area contributed by atoms with Gasteiger partial charge in [0.2, 0.25) is 0 Å². The van der Waals surface area contributed by atoms with E-state index in [0.717, 1.165) is 23.7 Å². The van der Waals surface area contributed by atoms with Gasteiger partial charge in [0.1, 0.15) is 0 Å². The van der Waals surface area contributed by atoms with Crippen molar-refractivity contribution in [3.8, 4) is 0 Å². The second-order valence-electron chi connectivity index (χ2n) is 6.51. The summed E-state index contributed by atoms with van der Waals surface area (Å²) in [7, 11) is 0. The molecule has 0 nitrogen and oxygen atoms in total. The molecule has 0 aromatic carbocycles. The van der Waals surface area contributed by atoms with Crippen LogP contribution in [0.1, 0.15) is 78.1 Å². The summed E-state index contributed by atoms with van der Waals surface area (Å²) in [6.45, 7) is 5.10. The Morgan fingerprint density at radius 2 is 0.875 bits per heavy atom. The topological polar surface area (TPSA) is 0 Å². The Kier molecular flexibility index (Phi) is 4.73. The SMILES string of the molecule is C[C@H](C1CCCCC1)[C@H](C)C1CCCCC1. The lowest BCUT2D eigenvalue weighted by Gasteiger charge is -2.37. The maximum absolute atomic E-state index is 2.55. The first-order chi connectivity index (χ1) is 7.79. The average molecular weight is 222 g/mol. The van der Waals surface area contributed by atoms with Crippen molar-refractivity contribution in [1.82, 2.24) is 0 Å². The van der Waals surface area contributed by atoms with E-state index in [4.69, 9.17) is 0 Å². The zero-order valence-corrected chi connectivity index (χ0v) is 11.4. The van der Waals surface area contributed by atoms with Crippen molar-refractivity contribution < 1.29 is 0 Å². The van der Waals surface area contributed by atoms with E-state index >= 15 is 0 Å². The molecule has 0 aromatic rings. The highest BCUT2D eigenvalue weighted by atomic mass is 14.3. The third-order valence-electron chi connectivity index (χ3n) is 5.62. The van der Waals surface area contributed by atoms with Crippen molar-refractivity contribution >= 4 is 0 Å². The molecule has 0 saturated heterocycles. The van der Waals surface area contributed by atoms with Crippen LogP contribution in [0.5, 0.6) is 0 Å². The van der Waals surface area contributed by atoms with E-state index in [1.54, 1.807) is 0 Å². The number of hydrogen-bond acceptors (Lipinski definition) is 0. The lowest BCUT2D eigenvalue weighted by atomic mass is 9.68. The molecule has 0 bridgehead atoms. The van der Waals surface area contributed by atoms with Gasteiger partial charge < -0.3 is 0 Å². The van der Waals surface area contributed by atoms with Crippen LogP contribution >= 0.6 is 0 Å². The van der Waals surface area contributed by atoms with E-state index in [0.29, 0.717) is 0 Å². The van der Waals surface area contributed by atoms with Crippen molar-refractivity contribution in [2.45, 2.75) is 78.1 Å². The molecule has 94 valence electrons. The average Bonchev–Trinajstić information content (AvgIpc) is 2.39. The molecule has 0 heterocycles. The summed E-state index contributed by atoms with van der Waals surface area (Å²) >= 11 is 0. The molecule has 0 aliphatic heterocycles. The molecule has 0 radical (unpaired) electrons. The summed E-state index contributed by atoms with van der Waals surface area (Å²) in [6.07, 6.45) is 15.1. The molecule has 16 heavy (non-hydrogen) atoms.